The number of rotatable bonds is 5. The van der Waals surface area contributed by atoms with E-state index in [1.807, 2.05) is 0 Å². The number of nitrogens with one attached hydrogen (secondary N) is 1. The number of carbonyl (C=O) groups excluding carboxylic acids is 1. The number of aliphatic carboxylic acids is 1. The van der Waals surface area contributed by atoms with Crippen molar-refractivity contribution in [3.05, 3.63) is 11.8 Å². The molecule has 0 fully saturated rings. The van der Waals surface area contributed by atoms with Crippen molar-refractivity contribution in [1.29, 1.82) is 0 Å². The highest BCUT2D eigenvalue weighted by Crippen LogP contribution is 2.06. The molecule has 2 N–H and O–H groups in total. The summed E-state index contributed by atoms with van der Waals surface area (Å²) in [4.78, 5) is 21.2. The summed E-state index contributed by atoms with van der Waals surface area (Å²) in [6.07, 6.45) is 0. The van der Waals surface area contributed by atoms with Gasteiger partial charge in [0.25, 0.3) is 5.91 Å². The number of ether oxygens (including phenoxy) is 1. The maximum Gasteiger partial charge on any atom is 0.329 e. The highest BCUT2D eigenvalue weighted by Gasteiger charge is 2.06. The molecule has 0 aromatic carbocycles. The van der Waals surface area contributed by atoms with Gasteiger partial charge in [-0.15, -0.1) is 0 Å². The van der Waals surface area contributed by atoms with Gasteiger partial charge in [-0.1, -0.05) is 5.16 Å². The van der Waals surface area contributed by atoms with Crippen LogP contribution in [0.3, 0.4) is 0 Å². The Hall–Kier alpha value is -1.89. The number of anilines is 1. The normalized spacial score (nSPS) is 9.93. The average Bonchev–Trinajstić information content (AvgIpc) is 2.50. The van der Waals surface area contributed by atoms with Crippen LogP contribution in [0.4, 0.5) is 5.82 Å². The number of aromatic nitrogens is 1. The number of aryl methyl sites for hydroxylation is 1. The Morgan fingerprint density at radius 1 is 1.60 bits per heavy atom. The van der Waals surface area contributed by atoms with Gasteiger partial charge in [0.2, 0.25) is 0 Å². The first-order chi connectivity index (χ1) is 7.08. The molecule has 15 heavy (non-hydrogen) atoms. The fraction of sp³-hybridized carbons (Fsp3) is 0.375. The molecule has 0 saturated carbocycles. The Morgan fingerprint density at radius 3 is 2.87 bits per heavy atom. The molecule has 1 amide bonds. The van der Waals surface area contributed by atoms with Crippen molar-refractivity contribution in [2.75, 3.05) is 18.5 Å². The number of carboxylic acids is 1. The number of nitrogens with zero attached hydrogens (tertiary/aromatic N) is 1. The minimum absolute atomic E-state index is 0.274. The van der Waals surface area contributed by atoms with Crippen LogP contribution in [0.2, 0.25) is 0 Å². The van der Waals surface area contributed by atoms with Gasteiger partial charge >= 0.3 is 5.97 Å². The predicted octanol–water partition coefficient (Wildman–Crippen LogP) is 0.0227. The van der Waals surface area contributed by atoms with Crippen LogP contribution in [0.15, 0.2) is 10.6 Å². The Morgan fingerprint density at radius 2 is 2.33 bits per heavy atom. The van der Waals surface area contributed by atoms with Crippen LogP contribution in [-0.2, 0) is 14.3 Å². The number of carbonyl (C=O) groups is 2. The van der Waals surface area contributed by atoms with Gasteiger partial charge in [0.15, 0.2) is 5.82 Å². The third kappa shape index (κ3) is 4.23. The first-order valence-corrected chi connectivity index (χ1v) is 4.10. The lowest BCUT2D eigenvalue weighted by atomic mass is 10.5. The van der Waals surface area contributed by atoms with Crippen LogP contribution >= 0.6 is 0 Å². The van der Waals surface area contributed by atoms with E-state index in [4.69, 9.17) is 9.63 Å². The fourth-order valence-corrected chi connectivity index (χ4v) is 0.835. The summed E-state index contributed by atoms with van der Waals surface area (Å²) in [5, 5.41) is 14.1. The van der Waals surface area contributed by atoms with Gasteiger partial charge in [0.05, 0.1) is 0 Å². The lowest BCUT2D eigenvalue weighted by molar-refractivity contribution is -0.143. The van der Waals surface area contributed by atoms with Crippen molar-refractivity contribution in [2.45, 2.75) is 6.92 Å². The molecule has 0 bridgehead atoms. The molecule has 1 aromatic rings. The summed E-state index contributed by atoms with van der Waals surface area (Å²) in [7, 11) is 0. The summed E-state index contributed by atoms with van der Waals surface area (Å²) in [5.74, 6) is -0.766. The lowest BCUT2D eigenvalue weighted by Crippen LogP contribution is -2.20. The molecule has 0 saturated heterocycles. The topological polar surface area (TPSA) is 102 Å². The molecular weight excluding hydrogens is 204 g/mol. The van der Waals surface area contributed by atoms with E-state index in [-0.39, 0.29) is 12.4 Å². The zero-order valence-corrected chi connectivity index (χ0v) is 8.02. The molecule has 1 aromatic heterocycles. The van der Waals surface area contributed by atoms with Crippen LogP contribution in [0, 0.1) is 6.92 Å². The zero-order valence-electron chi connectivity index (χ0n) is 8.02. The zero-order chi connectivity index (χ0) is 11.3. The highest BCUT2D eigenvalue weighted by atomic mass is 16.5. The van der Waals surface area contributed by atoms with E-state index in [9.17, 15) is 9.59 Å². The molecule has 0 aliphatic rings. The minimum atomic E-state index is -1.12. The highest BCUT2D eigenvalue weighted by molar-refractivity contribution is 5.90. The van der Waals surface area contributed by atoms with E-state index in [1.54, 1.807) is 6.92 Å². The summed E-state index contributed by atoms with van der Waals surface area (Å²) >= 11 is 0. The van der Waals surface area contributed by atoms with Crippen LogP contribution in [-0.4, -0.2) is 35.4 Å². The molecule has 0 aliphatic heterocycles. The number of amides is 1. The molecule has 1 rings (SSSR count). The van der Waals surface area contributed by atoms with Crippen molar-refractivity contribution in [3.63, 3.8) is 0 Å². The van der Waals surface area contributed by atoms with E-state index in [2.05, 4.69) is 15.2 Å². The first kappa shape index (κ1) is 11.2. The molecule has 0 unspecified atom stereocenters. The maximum absolute atomic E-state index is 11.1. The maximum atomic E-state index is 11.1. The fourth-order valence-electron chi connectivity index (χ4n) is 0.835. The first-order valence-electron chi connectivity index (χ1n) is 4.10. The number of carboxylic acid groups (broad SMARTS) is 1. The van der Waals surface area contributed by atoms with E-state index in [1.165, 1.54) is 6.07 Å². The van der Waals surface area contributed by atoms with Crippen LogP contribution in [0.5, 0.6) is 0 Å². The average molecular weight is 214 g/mol. The Kier molecular flexibility index (Phi) is 3.81. The lowest BCUT2D eigenvalue weighted by Gasteiger charge is -2.00. The Labute approximate surface area is 85.0 Å². The van der Waals surface area contributed by atoms with Gasteiger partial charge in [-0.2, -0.15) is 0 Å². The second-order valence-corrected chi connectivity index (χ2v) is 2.76. The molecule has 0 radical (unpaired) electrons. The quantitative estimate of drug-likeness (QED) is 0.716. The monoisotopic (exact) mass is 214 g/mol. The van der Waals surface area contributed by atoms with Crippen molar-refractivity contribution in [2.24, 2.45) is 0 Å². The summed E-state index contributed by atoms with van der Waals surface area (Å²) < 4.78 is 9.27. The molecule has 7 nitrogen and oxygen atoms in total. The van der Waals surface area contributed by atoms with Crippen LogP contribution in [0.1, 0.15) is 5.76 Å². The largest absolute Gasteiger partial charge is 0.480 e. The molecule has 0 atom stereocenters. The molecule has 82 valence electrons. The standard InChI is InChI=1S/C8H10N2O5/c1-5-2-6(10-15-5)9-7(11)3-14-4-8(12)13/h2H,3-4H2,1H3,(H,12,13)(H,9,10,11). The smallest absolute Gasteiger partial charge is 0.329 e. The van der Waals surface area contributed by atoms with Crippen LogP contribution in [0.25, 0.3) is 0 Å². The van der Waals surface area contributed by atoms with E-state index >= 15 is 0 Å². The number of hydrogen-bond acceptors (Lipinski definition) is 5. The van der Waals surface area contributed by atoms with Gasteiger partial charge in [0, 0.05) is 6.07 Å². The van der Waals surface area contributed by atoms with Crippen molar-refractivity contribution < 1.29 is 24.0 Å². The molecule has 1 heterocycles. The summed E-state index contributed by atoms with van der Waals surface area (Å²) in [6.45, 7) is 0.840. The Balaban J connectivity index is 2.27. The van der Waals surface area contributed by atoms with E-state index < -0.39 is 18.5 Å². The van der Waals surface area contributed by atoms with Crippen molar-refractivity contribution in [3.8, 4) is 0 Å². The summed E-state index contributed by atoms with van der Waals surface area (Å²) in [6, 6.07) is 1.54. The van der Waals surface area contributed by atoms with E-state index in [0.29, 0.717) is 5.76 Å². The van der Waals surface area contributed by atoms with Gasteiger partial charge in [-0.3, -0.25) is 4.79 Å². The minimum Gasteiger partial charge on any atom is -0.480 e. The number of hydrogen-bond donors (Lipinski definition) is 2. The second kappa shape index (κ2) is 5.11. The molecular formula is C8H10N2O5. The van der Waals surface area contributed by atoms with Crippen LogP contribution < -0.4 is 5.32 Å². The molecule has 0 aliphatic carbocycles. The molecule has 7 heteroatoms. The second-order valence-electron chi connectivity index (χ2n) is 2.76. The predicted molar refractivity (Wildman–Crippen MR) is 48.3 cm³/mol. The van der Waals surface area contributed by atoms with Crippen molar-refractivity contribution >= 4 is 17.7 Å². The third-order valence-corrected chi connectivity index (χ3v) is 1.35. The van der Waals surface area contributed by atoms with Gasteiger partial charge in [0.1, 0.15) is 19.0 Å². The summed E-state index contributed by atoms with van der Waals surface area (Å²) in [5.41, 5.74) is 0. The third-order valence-electron chi connectivity index (χ3n) is 1.35. The molecule has 0 spiro atoms. The van der Waals surface area contributed by atoms with Gasteiger partial charge in [-0.25, -0.2) is 4.79 Å². The Bertz CT molecular complexity index is 360. The SMILES string of the molecule is Cc1cc(NC(=O)COCC(=O)O)no1. The van der Waals surface area contributed by atoms with Gasteiger partial charge in [-0.05, 0) is 6.92 Å². The van der Waals surface area contributed by atoms with Gasteiger partial charge < -0.3 is 19.7 Å². The van der Waals surface area contributed by atoms with E-state index in [0.717, 1.165) is 0 Å². The van der Waals surface area contributed by atoms with Crippen molar-refractivity contribution in [1.82, 2.24) is 5.16 Å².